The first-order valence-electron chi connectivity index (χ1n) is 15.2. The van der Waals surface area contributed by atoms with Gasteiger partial charge in [-0.05, 0) is 116 Å². The van der Waals surface area contributed by atoms with E-state index in [1.807, 2.05) is 6.92 Å². The predicted octanol–water partition coefficient (Wildman–Crippen LogP) is 8.80. The molecule has 0 bridgehead atoms. The molecular weight excluding hydrogens is 456 g/mol. The maximum atomic E-state index is 11.9. The summed E-state index contributed by atoms with van der Waals surface area (Å²) in [7, 11) is 0. The number of carbonyl (C=O) groups excluding carboxylic acids is 1. The van der Waals surface area contributed by atoms with E-state index >= 15 is 0 Å². The molecule has 3 nitrogen and oxygen atoms in total. The maximum absolute atomic E-state index is 11.9. The zero-order valence-electron chi connectivity index (χ0n) is 25.0. The third kappa shape index (κ3) is 3.83. The maximum Gasteiger partial charge on any atom is 0.302 e. The molecule has 0 aromatic rings. The number of hydrogen-bond donors (Lipinski definition) is 0. The highest BCUT2D eigenvalue weighted by molar-refractivity contribution is 5.66. The molecule has 0 aromatic carbocycles. The molecule has 8 atom stereocenters. The standard InChI is InChI=1S/C34H52O3/c1-21(2)25-12-17-34(20-36-24(6)35)19-18-32(8)27(30(25)34)10-11-29-31(7)15-14-28(37-22(3)4)23(5)26(31)13-16-33(29,32)9/h10,21,23,26,28-29H,3,11-20H2,1-2,4-9H3/t23?,26?,28?,29?,31?,32-,33?,34?/m1/s1. The summed E-state index contributed by atoms with van der Waals surface area (Å²) in [5, 5.41) is 0. The Morgan fingerprint density at radius 2 is 1.81 bits per heavy atom. The van der Waals surface area contributed by atoms with Crippen molar-refractivity contribution >= 4 is 5.97 Å². The molecule has 5 rings (SSSR count). The second-order valence-electron chi connectivity index (χ2n) is 14.7. The summed E-state index contributed by atoms with van der Waals surface area (Å²) in [4.78, 5) is 11.9. The molecule has 3 saturated carbocycles. The molecule has 3 fully saturated rings. The fourth-order valence-electron chi connectivity index (χ4n) is 10.5. The second kappa shape index (κ2) is 9.02. The number of esters is 1. The number of rotatable bonds is 5. The average molecular weight is 509 g/mol. The van der Waals surface area contributed by atoms with Gasteiger partial charge in [0.15, 0.2) is 0 Å². The lowest BCUT2D eigenvalue weighted by Crippen LogP contribution is -2.61. The fourth-order valence-corrected chi connectivity index (χ4v) is 10.5. The second-order valence-corrected chi connectivity index (χ2v) is 14.7. The summed E-state index contributed by atoms with van der Waals surface area (Å²) in [6.45, 7) is 23.3. The van der Waals surface area contributed by atoms with E-state index in [1.165, 1.54) is 32.1 Å². The Bertz CT molecular complexity index is 1030. The van der Waals surface area contributed by atoms with Gasteiger partial charge in [0.05, 0.1) is 5.76 Å². The van der Waals surface area contributed by atoms with Crippen LogP contribution in [0.4, 0.5) is 0 Å². The monoisotopic (exact) mass is 508 g/mol. The van der Waals surface area contributed by atoms with Crippen LogP contribution < -0.4 is 0 Å². The molecule has 0 aromatic heterocycles. The van der Waals surface area contributed by atoms with Crippen LogP contribution in [0.2, 0.25) is 0 Å². The molecule has 5 aliphatic carbocycles. The largest absolute Gasteiger partial charge is 0.495 e. The molecular formula is C34H52O3. The Morgan fingerprint density at radius 1 is 1.08 bits per heavy atom. The molecule has 0 amide bonds. The summed E-state index contributed by atoms with van der Waals surface area (Å²) >= 11 is 0. The predicted molar refractivity (Wildman–Crippen MR) is 151 cm³/mol. The van der Waals surface area contributed by atoms with Crippen molar-refractivity contribution in [1.29, 1.82) is 0 Å². The van der Waals surface area contributed by atoms with Gasteiger partial charge in [-0.15, -0.1) is 0 Å². The Morgan fingerprint density at radius 3 is 2.46 bits per heavy atom. The number of hydrogen-bond acceptors (Lipinski definition) is 3. The van der Waals surface area contributed by atoms with Crippen LogP contribution in [0, 0.1) is 45.3 Å². The van der Waals surface area contributed by atoms with Crippen LogP contribution in [-0.4, -0.2) is 18.7 Å². The van der Waals surface area contributed by atoms with E-state index in [4.69, 9.17) is 9.47 Å². The highest BCUT2D eigenvalue weighted by Crippen LogP contribution is 2.74. The van der Waals surface area contributed by atoms with Gasteiger partial charge in [-0.3, -0.25) is 4.79 Å². The minimum Gasteiger partial charge on any atom is -0.495 e. The van der Waals surface area contributed by atoms with E-state index in [2.05, 4.69) is 54.2 Å². The Hall–Kier alpha value is -1.51. The third-order valence-electron chi connectivity index (χ3n) is 12.7. The topological polar surface area (TPSA) is 35.5 Å². The first-order chi connectivity index (χ1) is 17.3. The van der Waals surface area contributed by atoms with Crippen molar-refractivity contribution in [2.45, 2.75) is 119 Å². The molecule has 0 spiro atoms. The Balaban J connectivity index is 1.55. The van der Waals surface area contributed by atoms with Crippen LogP contribution >= 0.6 is 0 Å². The lowest BCUT2D eigenvalue weighted by atomic mass is 9.36. The quantitative estimate of drug-likeness (QED) is 0.275. The lowest BCUT2D eigenvalue weighted by molar-refractivity contribution is -0.173. The van der Waals surface area contributed by atoms with Gasteiger partial charge in [0, 0.05) is 12.3 Å². The minimum absolute atomic E-state index is 0.0212. The van der Waals surface area contributed by atoms with Crippen LogP contribution in [0.15, 0.2) is 35.1 Å². The Labute approximate surface area is 226 Å². The van der Waals surface area contributed by atoms with Gasteiger partial charge in [0.2, 0.25) is 0 Å². The molecule has 3 heteroatoms. The van der Waals surface area contributed by atoms with Crippen molar-refractivity contribution in [3.63, 3.8) is 0 Å². The summed E-state index contributed by atoms with van der Waals surface area (Å²) < 4.78 is 12.0. The van der Waals surface area contributed by atoms with Crippen LogP contribution in [0.5, 0.6) is 0 Å². The summed E-state index contributed by atoms with van der Waals surface area (Å²) in [6.07, 6.45) is 13.9. The van der Waals surface area contributed by atoms with E-state index in [0.717, 1.165) is 31.4 Å². The SMILES string of the molecule is C=C(C)OC1CCC2(C)C(CCC3(C)C2CC=C2C4=C(C(C)C)CCC4(COC(C)=O)CC[C@]23C)C1C. The molecule has 37 heavy (non-hydrogen) atoms. The van der Waals surface area contributed by atoms with Gasteiger partial charge >= 0.3 is 5.97 Å². The van der Waals surface area contributed by atoms with Crippen LogP contribution in [-0.2, 0) is 14.3 Å². The number of allylic oxidation sites excluding steroid dienone is 4. The first kappa shape index (κ1) is 27.1. The van der Waals surface area contributed by atoms with Gasteiger partial charge in [-0.1, -0.05) is 59.8 Å². The summed E-state index contributed by atoms with van der Waals surface area (Å²) in [6, 6.07) is 0. The normalized spacial score (nSPS) is 44.8. The molecule has 0 N–H and O–H groups in total. The lowest BCUT2D eigenvalue weighted by Gasteiger charge is -2.68. The van der Waals surface area contributed by atoms with Crippen molar-refractivity contribution < 1.29 is 14.3 Å². The highest BCUT2D eigenvalue weighted by atomic mass is 16.5. The molecule has 5 aliphatic rings. The molecule has 0 radical (unpaired) electrons. The van der Waals surface area contributed by atoms with Crippen LogP contribution in [0.3, 0.4) is 0 Å². The van der Waals surface area contributed by atoms with Gasteiger partial charge in [-0.2, -0.15) is 0 Å². The van der Waals surface area contributed by atoms with E-state index in [1.54, 1.807) is 23.6 Å². The molecule has 0 saturated heterocycles. The van der Waals surface area contributed by atoms with Crippen molar-refractivity contribution in [2.24, 2.45) is 45.3 Å². The van der Waals surface area contributed by atoms with Gasteiger partial charge in [0.25, 0.3) is 0 Å². The molecule has 206 valence electrons. The molecule has 0 aliphatic heterocycles. The van der Waals surface area contributed by atoms with E-state index < -0.39 is 0 Å². The summed E-state index contributed by atoms with van der Waals surface area (Å²) in [5.74, 6) is 3.25. The van der Waals surface area contributed by atoms with Gasteiger partial charge < -0.3 is 9.47 Å². The number of ether oxygens (including phenoxy) is 2. The van der Waals surface area contributed by atoms with Crippen molar-refractivity contribution in [1.82, 2.24) is 0 Å². The van der Waals surface area contributed by atoms with Crippen molar-refractivity contribution in [2.75, 3.05) is 6.61 Å². The smallest absolute Gasteiger partial charge is 0.302 e. The van der Waals surface area contributed by atoms with Crippen molar-refractivity contribution in [3.05, 3.63) is 35.1 Å². The zero-order chi connectivity index (χ0) is 27.0. The molecule has 7 unspecified atom stereocenters. The molecule has 0 heterocycles. The Kier molecular flexibility index (Phi) is 6.60. The van der Waals surface area contributed by atoms with Crippen molar-refractivity contribution in [3.8, 4) is 0 Å². The number of carbonyl (C=O) groups is 1. The summed E-state index contributed by atoms with van der Waals surface area (Å²) in [5.41, 5.74) is 5.72. The average Bonchev–Trinajstić information content (AvgIpc) is 3.20. The minimum atomic E-state index is -0.142. The van der Waals surface area contributed by atoms with E-state index in [0.29, 0.717) is 41.8 Å². The third-order valence-corrected chi connectivity index (χ3v) is 12.7. The van der Waals surface area contributed by atoms with E-state index in [9.17, 15) is 4.79 Å². The highest BCUT2D eigenvalue weighted by Gasteiger charge is 2.66. The van der Waals surface area contributed by atoms with Crippen LogP contribution in [0.1, 0.15) is 113 Å². The van der Waals surface area contributed by atoms with E-state index in [-0.39, 0.29) is 22.2 Å². The fraction of sp³-hybridized carbons (Fsp3) is 0.794. The zero-order valence-corrected chi connectivity index (χ0v) is 25.0. The van der Waals surface area contributed by atoms with Crippen LogP contribution in [0.25, 0.3) is 0 Å². The van der Waals surface area contributed by atoms with Gasteiger partial charge in [-0.25, -0.2) is 0 Å². The van der Waals surface area contributed by atoms with Gasteiger partial charge in [0.1, 0.15) is 12.7 Å². The number of fused-ring (bicyclic) bond motifs is 7. The first-order valence-corrected chi connectivity index (χ1v) is 15.2.